The van der Waals surface area contributed by atoms with Gasteiger partial charge in [0.15, 0.2) is 0 Å². The third kappa shape index (κ3) is 4.41. The van der Waals surface area contributed by atoms with Crippen LogP contribution in [0.15, 0.2) is 59.5 Å². The van der Waals surface area contributed by atoms with Crippen LogP contribution in [0, 0.1) is 6.92 Å². The van der Waals surface area contributed by atoms with Gasteiger partial charge in [0.1, 0.15) is 5.15 Å². The van der Waals surface area contributed by atoms with Crippen LogP contribution in [0.3, 0.4) is 0 Å². The topological polar surface area (TPSA) is 107 Å². The number of hydrogen-bond acceptors (Lipinski definition) is 4. The van der Waals surface area contributed by atoms with E-state index in [1.165, 1.54) is 16.8 Å². The van der Waals surface area contributed by atoms with Crippen molar-refractivity contribution in [2.45, 2.75) is 18.2 Å². The summed E-state index contributed by atoms with van der Waals surface area (Å²) in [5, 5.41) is 12.5. The van der Waals surface area contributed by atoms with Crippen molar-refractivity contribution in [1.82, 2.24) is 15.1 Å². The second kappa shape index (κ2) is 8.14. The van der Waals surface area contributed by atoms with Crippen molar-refractivity contribution in [3.8, 4) is 5.69 Å². The highest BCUT2D eigenvalue weighted by Gasteiger charge is 2.20. The smallest absolute Gasteiger partial charge is 0.256 e. The molecule has 2 aromatic carbocycles. The number of benzene rings is 2. The van der Waals surface area contributed by atoms with E-state index in [0.29, 0.717) is 24.2 Å². The molecule has 0 spiro atoms. The summed E-state index contributed by atoms with van der Waals surface area (Å²) >= 11 is 6.39. The van der Waals surface area contributed by atoms with Gasteiger partial charge in [-0.25, -0.2) is 18.2 Å². The normalized spacial score (nSPS) is 11.4. The van der Waals surface area contributed by atoms with Crippen LogP contribution in [-0.2, 0) is 16.4 Å². The highest BCUT2D eigenvalue weighted by molar-refractivity contribution is 7.89. The van der Waals surface area contributed by atoms with E-state index in [0.717, 1.165) is 11.3 Å². The molecular weight excluding hydrogens is 400 g/mol. The Hall–Kier alpha value is -2.68. The molecule has 3 N–H and O–H groups in total. The van der Waals surface area contributed by atoms with Gasteiger partial charge in [-0.05, 0) is 43.2 Å². The molecule has 0 aliphatic rings. The number of sulfonamides is 1. The van der Waals surface area contributed by atoms with E-state index < -0.39 is 10.0 Å². The van der Waals surface area contributed by atoms with E-state index in [9.17, 15) is 13.2 Å². The molecule has 0 fully saturated rings. The average molecular weight is 419 g/mol. The molecule has 7 nitrogen and oxygen atoms in total. The van der Waals surface area contributed by atoms with Crippen LogP contribution in [0.2, 0.25) is 5.15 Å². The summed E-state index contributed by atoms with van der Waals surface area (Å²) in [5.74, 6) is -0.314. The van der Waals surface area contributed by atoms with E-state index in [4.69, 9.17) is 16.7 Å². The summed E-state index contributed by atoms with van der Waals surface area (Å²) in [7, 11) is -3.71. The molecule has 146 valence electrons. The fraction of sp³-hybridized carbons (Fsp3) is 0.158. The van der Waals surface area contributed by atoms with Crippen molar-refractivity contribution in [2.75, 3.05) is 6.54 Å². The van der Waals surface area contributed by atoms with Crippen LogP contribution < -0.4 is 10.5 Å². The molecule has 9 heteroatoms. The Morgan fingerprint density at radius 2 is 1.79 bits per heavy atom. The number of rotatable bonds is 6. The van der Waals surface area contributed by atoms with Gasteiger partial charge in [-0.2, -0.15) is 5.10 Å². The minimum Gasteiger partial charge on any atom is -0.352 e. The molecule has 1 aromatic heterocycles. The van der Waals surface area contributed by atoms with Gasteiger partial charge in [0, 0.05) is 6.54 Å². The molecule has 0 aliphatic heterocycles. The van der Waals surface area contributed by atoms with Crippen molar-refractivity contribution in [3.05, 3.63) is 76.6 Å². The second-order valence-corrected chi connectivity index (χ2v) is 8.11. The fourth-order valence-corrected chi connectivity index (χ4v) is 3.63. The number of nitrogens with one attached hydrogen (secondary N) is 1. The first-order valence-corrected chi connectivity index (χ1v) is 10.4. The largest absolute Gasteiger partial charge is 0.352 e. The number of carbonyl (C=O) groups is 1. The quantitative estimate of drug-likeness (QED) is 0.641. The average Bonchev–Trinajstić information content (AvgIpc) is 2.96. The van der Waals surface area contributed by atoms with Crippen LogP contribution in [0.1, 0.15) is 21.6 Å². The molecular formula is C19H19ClN4O3S. The number of nitrogens with two attached hydrogens (primary N) is 1. The zero-order valence-electron chi connectivity index (χ0n) is 15.1. The minimum atomic E-state index is -3.71. The van der Waals surface area contributed by atoms with Gasteiger partial charge in [-0.15, -0.1) is 0 Å². The molecule has 0 aliphatic carbocycles. The lowest BCUT2D eigenvalue weighted by atomic mass is 10.1. The molecule has 0 unspecified atom stereocenters. The zero-order valence-corrected chi connectivity index (χ0v) is 16.7. The third-order valence-corrected chi connectivity index (χ3v) is 5.46. The van der Waals surface area contributed by atoms with Crippen LogP contribution >= 0.6 is 11.6 Å². The summed E-state index contributed by atoms with van der Waals surface area (Å²) < 4.78 is 24.1. The number of para-hydroxylation sites is 1. The molecule has 1 heterocycles. The van der Waals surface area contributed by atoms with E-state index in [1.54, 1.807) is 19.1 Å². The van der Waals surface area contributed by atoms with E-state index in [2.05, 4.69) is 10.4 Å². The number of hydrogen-bond donors (Lipinski definition) is 2. The molecule has 0 radical (unpaired) electrons. The lowest BCUT2D eigenvalue weighted by Crippen LogP contribution is -2.26. The van der Waals surface area contributed by atoms with E-state index >= 15 is 0 Å². The monoisotopic (exact) mass is 418 g/mol. The molecule has 0 bridgehead atoms. The Morgan fingerprint density at radius 3 is 2.39 bits per heavy atom. The summed E-state index contributed by atoms with van der Waals surface area (Å²) in [6.07, 6.45) is 0.528. The minimum absolute atomic E-state index is 0.0519. The second-order valence-electron chi connectivity index (χ2n) is 6.19. The number of nitrogens with zero attached hydrogens (tertiary/aromatic N) is 2. The zero-order chi connectivity index (χ0) is 20.3. The molecule has 0 saturated heterocycles. The third-order valence-electron chi connectivity index (χ3n) is 4.18. The lowest BCUT2D eigenvalue weighted by Gasteiger charge is -2.06. The number of aromatic nitrogens is 2. The first-order valence-electron chi connectivity index (χ1n) is 8.48. The number of halogens is 1. The highest BCUT2D eigenvalue weighted by atomic mass is 35.5. The predicted molar refractivity (Wildman–Crippen MR) is 107 cm³/mol. The van der Waals surface area contributed by atoms with Crippen molar-refractivity contribution in [1.29, 1.82) is 0 Å². The van der Waals surface area contributed by atoms with Gasteiger partial charge in [-0.1, -0.05) is 41.9 Å². The maximum absolute atomic E-state index is 12.6. The van der Waals surface area contributed by atoms with Crippen LogP contribution in [0.4, 0.5) is 0 Å². The SMILES string of the molecule is Cc1nn(-c2ccccc2)c(Cl)c1C(=O)NCCc1ccc(S(N)(=O)=O)cc1. The highest BCUT2D eigenvalue weighted by Crippen LogP contribution is 2.23. The van der Waals surface area contributed by atoms with Gasteiger partial charge < -0.3 is 5.32 Å². The lowest BCUT2D eigenvalue weighted by molar-refractivity contribution is 0.0953. The van der Waals surface area contributed by atoms with Crippen LogP contribution in [0.25, 0.3) is 5.69 Å². The summed E-state index contributed by atoms with van der Waals surface area (Å²) in [6.45, 7) is 2.09. The Balaban J connectivity index is 1.66. The number of aryl methyl sites for hydroxylation is 1. The maximum atomic E-state index is 12.6. The van der Waals surface area contributed by atoms with Gasteiger partial charge in [0.2, 0.25) is 10.0 Å². The van der Waals surface area contributed by atoms with Crippen LogP contribution in [0.5, 0.6) is 0 Å². The van der Waals surface area contributed by atoms with Crippen molar-refractivity contribution < 1.29 is 13.2 Å². The Kier molecular flexibility index (Phi) is 5.83. The fourth-order valence-electron chi connectivity index (χ4n) is 2.75. The first-order chi connectivity index (χ1) is 13.3. The summed E-state index contributed by atoms with van der Waals surface area (Å²) in [4.78, 5) is 12.6. The molecule has 3 rings (SSSR count). The van der Waals surface area contributed by atoms with Crippen LogP contribution in [-0.4, -0.2) is 30.7 Å². The van der Waals surface area contributed by atoms with Gasteiger partial charge in [0.05, 0.1) is 21.8 Å². The van der Waals surface area contributed by atoms with E-state index in [-0.39, 0.29) is 16.0 Å². The summed E-state index contributed by atoms with van der Waals surface area (Å²) in [5.41, 5.74) is 2.50. The molecule has 3 aromatic rings. The summed E-state index contributed by atoms with van der Waals surface area (Å²) in [6, 6.07) is 15.5. The number of carbonyl (C=O) groups excluding carboxylic acids is 1. The van der Waals surface area contributed by atoms with Gasteiger partial charge >= 0.3 is 0 Å². The van der Waals surface area contributed by atoms with Gasteiger partial charge in [0.25, 0.3) is 5.91 Å². The van der Waals surface area contributed by atoms with Crippen molar-refractivity contribution >= 4 is 27.5 Å². The van der Waals surface area contributed by atoms with Gasteiger partial charge in [-0.3, -0.25) is 4.79 Å². The first kappa shape index (κ1) is 20.1. The molecule has 0 atom stereocenters. The van der Waals surface area contributed by atoms with E-state index in [1.807, 2.05) is 30.3 Å². The van der Waals surface area contributed by atoms with Crippen molar-refractivity contribution in [2.24, 2.45) is 5.14 Å². The molecule has 28 heavy (non-hydrogen) atoms. The predicted octanol–water partition coefficient (Wildman–Crippen LogP) is 2.45. The Morgan fingerprint density at radius 1 is 1.14 bits per heavy atom. The standard InChI is InChI=1S/C19H19ClN4O3S/c1-13-17(18(20)24(23-13)15-5-3-2-4-6-15)19(25)22-12-11-14-7-9-16(10-8-14)28(21,26)27/h2-10H,11-12H2,1H3,(H,22,25)(H2,21,26,27). The maximum Gasteiger partial charge on any atom is 0.256 e. The number of amides is 1. The Bertz CT molecular complexity index is 1090. The van der Waals surface area contributed by atoms with Crippen molar-refractivity contribution in [3.63, 3.8) is 0 Å². The Labute approximate surface area is 168 Å². The number of primary sulfonamides is 1. The molecule has 1 amide bonds. The molecule has 0 saturated carbocycles.